The Balaban J connectivity index is 1.72. The Bertz CT molecular complexity index is 674. The van der Waals surface area contributed by atoms with E-state index in [1.807, 2.05) is 36.4 Å². The van der Waals surface area contributed by atoms with Crippen LogP contribution in [-0.4, -0.2) is 29.4 Å². The van der Waals surface area contributed by atoms with Gasteiger partial charge in [0.25, 0.3) is 0 Å². The molecule has 3 rings (SSSR count). The van der Waals surface area contributed by atoms with Crippen LogP contribution in [0.1, 0.15) is 18.9 Å². The van der Waals surface area contributed by atoms with Gasteiger partial charge in [-0.2, -0.15) is 0 Å². The normalized spacial score (nSPS) is 24.5. The van der Waals surface area contributed by atoms with Gasteiger partial charge in [0, 0.05) is 31.2 Å². The number of amides is 1. The maximum absolute atomic E-state index is 12.3. The molecule has 1 aliphatic heterocycles. The second-order valence-electron chi connectivity index (χ2n) is 6.70. The number of hydrogen-bond acceptors (Lipinski definition) is 3. The molecule has 1 fully saturated rings. The minimum absolute atomic E-state index is 0.132. The van der Waals surface area contributed by atoms with Gasteiger partial charge in [-0.05, 0) is 24.1 Å². The number of nitrogens with one attached hydrogen (secondary N) is 1. The van der Waals surface area contributed by atoms with E-state index < -0.39 is 5.54 Å². The summed E-state index contributed by atoms with van der Waals surface area (Å²) in [4.78, 5) is 14.7. The van der Waals surface area contributed by atoms with Crippen molar-refractivity contribution in [3.63, 3.8) is 0 Å². The van der Waals surface area contributed by atoms with Crippen molar-refractivity contribution < 1.29 is 4.79 Å². The topological polar surface area (TPSA) is 58.4 Å². The lowest BCUT2D eigenvalue weighted by Gasteiger charge is -2.45. The van der Waals surface area contributed by atoms with Crippen molar-refractivity contribution in [3.05, 3.63) is 66.2 Å². The van der Waals surface area contributed by atoms with Crippen LogP contribution < -0.4 is 11.1 Å². The van der Waals surface area contributed by atoms with E-state index in [0.29, 0.717) is 6.42 Å². The van der Waals surface area contributed by atoms with Crippen molar-refractivity contribution in [1.29, 1.82) is 0 Å². The maximum atomic E-state index is 12.3. The molecule has 0 aliphatic carbocycles. The summed E-state index contributed by atoms with van der Waals surface area (Å²) in [5, 5.41) is 3.43. The van der Waals surface area contributed by atoms with Crippen LogP contribution in [0.5, 0.6) is 0 Å². The van der Waals surface area contributed by atoms with Crippen LogP contribution in [0.25, 0.3) is 0 Å². The molecule has 2 aromatic rings. The molecule has 3 N–H and O–H groups in total. The van der Waals surface area contributed by atoms with Crippen molar-refractivity contribution in [3.8, 4) is 0 Å². The van der Waals surface area contributed by atoms with Crippen LogP contribution in [0.3, 0.4) is 0 Å². The van der Waals surface area contributed by atoms with Gasteiger partial charge in [0.1, 0.15) is 5.54 Å². The Morgan fingerprint density at radius 2 is 1.79 bits per heavy atom. The molecule has 1 saturated heterocycles. The third kappa shape index (κ3) is 3.44. The predicted octanol–water partition coefficient (Wildman–Crippen LogP) is 2.86. The standard InChI is InChI=1S/C20H25N3O/c1-16-14-23(15-17-8-4-2-5-9-17)13-12-20(16,19(21)24)22-18-10-6-3-7-11-18/h2-11,16,22H,12-15H2,1H3,(H2,21,24)/t16-,20-/m0/s1. The number of piperidine rings is 1. The number of likely N-dealkylation sites (tertiary alicyclic amines) is 1. The summed E-state index contributed by atoms with van der Waals surface area (Å²) >= 11 is 0. The van der Waals surface area contributed by atoms with Gasteiger partial charge in [0.05, 0.1) is 0 Å². The average Bonchev–Trinajstić information content (AvgIpc) is 2.59. The van der Waals surface area contributed by atoms with Crippen molar-refractivity contribution in [1.82, 2.24) is 4.90 Å². The number of carbonyl (C=O) groups excluding carboxylic acids is 1. The Hall–Kier alpha value is -2.33. The van der Waals surface area contributed by atoms with Gasteiger partial charge in [-0.3, -0.25) is 9.69 Å². The first-order valence-electron chi connectivity index (χ1n) is 8.49. The first-order chi connectivity index (χ1) is 11.6. The van der Waals surface area contributed by atoms with E-state index in [4.69, 9.17) is 5.73 Å². The number of nitrogens with two attached hydrogens (primary N) is 1. The summed E-state index contributed by atoms with van der Waals surface area (Å²) in [6, 6.07) is 20.3. The van der Waals surface area contributed by atoms with E-state index >= 15 is 0 Å². The third-order valence-corrected chi connectivity index (χ3v) is 5.03. The van der Waals surface area contributed by atoms with Gasteiger partial charge in [0.2, 0.25) is 5.91 Å². The zero-order chi connectivity index (χ0) is 17.0. The van der Waals surface area contributed by atoms with Crippen molar-refractivity contribution in [2.75, 3.05) is 18.4 Å². The summed E-state index contributed by atoms with van der Waals surface area (Å²) in [6.45, 7) is 4.71. The molecule has 2 aromatic carbocycles. The van der Waals surface area contributed by atoms with E-state index in [0.717, 1.165) is 25.3 Å². The minimum Gasteiger partial charge on any atom is -0.371 e. The number of primary amides is 1. The fourth-order valence-corrected chi connectivity index (χ4v) is 3.59. The maximum Gasteiger partial charge on any atom is 0.243 e. The Labute approximate surface area is 143 Å². The molecule has 1 amide bonds. The van der Waals surface area contributed by atoms with Crippen molar-refractivity contribution >= 4 is 11.6 Å². The summed E-state index contributed by atoms with van der Waals surface area (Å²) in [7, 11) is 0. The number of hydrogen-bond donors (Lipinski definition) is 2. The second-order valence-corrected chi connectivity index (χ2v) is 6.70. The highest BCUT2D eigenvalue weighted by molar-refractivity contribution is 5.88. The highest BCUT2D eigenvalue weighted by Crippen LogP contribution is 2.32. The van der Waals surface area contributed by atoms with Gasteiger partial charge in [-0.25, -0.2) is 0 Å². The molecule has 4 nitrogen and oxygen atoms in total. The summed E-state index contributed by atoms with van der Waals surface area (Å²) in [5.74, 6) is -0.133. The average molecular weight is 323 g/mol. The first-order valence-corrected chi connectivity index (χ1v) is 8.49. The molecule has 0 saturated carbocycles. The lowest BCUT2D eigenvalue weighted by molar-refractivity contribution is -0.125. The van der Waals surface area contributed by atoms with Crippen LogP contribution in [-0.2, 0) is 11.3 Å². The molecule has 0 unspecified atom stereocenters. The number of rotatable bonds is 5. The van der Waals surface area contributed by atoms with Crippen LogP contribution in [0.4, 0.5) is 5.69 Å². The third-order valence-electron chi connectivity index (χ3n) is 5.03. The van der Waals surface area contributed by atoms with Crippen LogP contribution in [0.2, 0.25) is 0 Å². The van der Waals surface area contributed by atoms with E-state index in [1.165, 1.54) is 5.56 Å². The molecule has 1 heterocycles. The molecule has 24 heavy (non-hydrogen) atoms. The Kier molecular flexibility index (Phi) is 4.86. The quantitative estimate of drug-likeness (QED) is 0.889. The van der Waals surface area contributed by atoms with Gasteiger partial charge in [0.15, 0.2) is 0 Å². The van der Waals surface area contributed by atoms with Crippen LogP contribution >= 0.6 is 0 Å². The first kappa shape index (κ1) is 16.5. The molecule has 0 bridgehead atoms. The fraction of sp³-hybridized carbons (Fsp3) is 0.350. The van der Waals surface area contributed by atoms with Crippen LogP contribution in [0.15, 0.2) is 60.7 Å². The molecule has 126 valence electrons. The highest BCUT2D eigenvalue weighted by atomic mass is 16.1. The number of benzene rings is 2. The van der Waals surface area contributed by atoms with Gasteiger partial charge < -0.3 is 11.1 Å². The molecular formula is C20H25N3O. The van der Waals surface area contributed by atoms with Gasteiger partial charge in [-0.1, -0.05) is 55.5 Å². The smallest absolute Gasteiger partial charge is 0.243 e. The highest BCUT2D eigenvalue weighted by Gasteiger charge is 2.45. The van der Waals surface area contributed by atoms with Crippen molar-refractivity contribution in [2.45, 2.75) is 25.4 Å². The van der Waals surface area contributed by atoms with E-state index in [-0.39, 0.29) is 11.8 Å². The molecule has 0 radical (unpaired) electrons. The zero-order valence-corrected chi connectivity index (χ0v) is 14.1. The second kappa shape index (κ2) is 7.05. The molecule has 4 heteroatoms. The molecule has 0 spiro atoms. The summed E-state index contributed by atoms with van der Waals surface area (Å²) in [6.07, 6.45) is 0.714. The number of carbonyl (C=O) groups is 1. The van der Waals surface area contributed by atoms with Crippen LogP contribution in [0, 0.1) is 5.92 Å². The van der Waals surface area contributed by atoms with Gasteiger partial charge in [-0.15, -0.1) is 0 Å². The van der Waals surface area contributed by atoms with E-state index in [2.05, 4.69) is 41.4 Å². The van der Waals surface area contributed by atoms with E-state index in [1.54, 1.807) is 0 Å². The molecule has 0 aromatic heterocycles. The Morgan fingerprint density at radius 3 is 2.38 bits per heavy atom. The van der Waals surface area contributed by atoms with Crippen molar-refractivity contribution in [2.24, 2.45) is 11.7 Å². The SMILES string of the molecule is C[C@H]1CN(Cc2ccccc2)CC[C@@]1(Nc1ccccc1)C(N)=O. The zero-order valence-electron chi connectivity index (χ0n) is 14.1. The number of anilines is 1. The number of nitrogens with zero attached hydrogens (tertiary/aromatic N) is 1. The minimum atomic E-state index is -0.686. The summed E-state index contributed by atoms with van der Waals surface area (Å²) in [5.41, 5.74) is 7.38. The lowest BCUT2D eigenvalue weighted by atomic mass is 9.77. The molecule has 1 aliphatic rings. The van der Waals surface area contributed by atoms with E-state index in [9.17, 15) is 4.79 Å². The summed E-state index contributed by atoms with van der Waals surface area (Å²) < 4.78 is 0. The Morgan fingerprint density at radius 1 is 1.17 bits per heavy atom. The monoisotopic (exact) mass is 323 g/mol. The lowest BCUT2D eigenvalue weighted by Crippen LogP contribution is -2.62. The number of para-hydroxylation sites is 1. The molecular weight excluding hydrogens is 298 g/mol. The predicted molar refractivity (Wildman–Crippen MR) is 97.5 cm³/mol. The molecule has 2 atom stereocenters. The van der Waals surface area contributed by atoms with Gasteiger partial charge >= 0.3 is 0 Å². The largest absolute Gasteiger partial charge is 0.371 e. The fourth-order valence-electron chi connectivity index (χ4n) is 3.59.